The highest BCUT2D eigenvalue weighted by atomic mass is 16.3. The summed E-state index contributed by atoms with van der Waals surface area (Å²) < 4.78 is 5.50. The molecule has 2 heterocycles. The first-order valence-corrected chi connectivity index (χ1v) is 7.17. The van der Waals surface area contributed by atoms with Crippen molar-refractivity contribution in [3.05, 3.63) is 35.6 Å². The van der Waals surface area contributed by atoms with Crippen molar-refractivity contribution in [2.75, 3.05) is 19.7 Å². The number of piperidine rings is 1. The molecule has 0 spiro atoms. The number of benzene rings is 1. The monoisotopic (exact) mass is 289 g/mol. The molecule has 5 heteroatoms. The van der Waals surface area contributed by atoms with Crippen LogP contribution in [-0.4, -0.2) is 46.8 Å². The Hall–Kier alpha value is -1.85. The van der Waals surface area contributed by atoms with Crippen LogP contribution in [0.1, 0.15) is 22.5 Å². The Morgan fingerprint density at radius 2 is 2.24 bits per heavy atom. The summed E-state index contributed by atoms with van der Waals surface area (Å²) in [7, 11) is 0. The number of likely N-dealkylation sites (tertiary alicyclic amines) is 1. The number of β-amino-alcohol motifs (C(OH)–C–C–N with tert-alkyl or cyclic N) is 1. The zero-order valence-corrected chi connectivity index (χ0v) is 12.0. The molecule has 2 N–H and O–H groups in total. The fraction of sp³-hybridized carbons (Fsp3) is 0.438. The molecule has 1 fully saturated rings. The molecule has 0 bridgehead atoms. The van der Waals surface area contributed by atoms with Gasteiger partial charge in [0.1, 0.15) is 11.3 Å². The van der Waals surface area contributed by atoms with Gasteiger partial charge in [0, 0.05) is 36.6 Å². The molecule has 2 atom stereocenters. The summed E-state index contributed by atoms with van der Waals surface area (Å²) in [6, 6.07) is 7.27. The molecule has 1 aromatic heterocycles. The number of fused-ring (bicyclic) bond motifs is 1. The van der Waals surface area contributed by atoms with Gasteiger partial charge in [0.05, 0.1) is 6.10 Å². The number of furan rings is 1. The van der Waals surface area contributed by atoms with Crippen LogP contribution in [0.25, 0.3) is 11.0 Å². The maximum atomic E-state index is 12.5. The summed E-state index contributed by atoms with van der Waals surface area (Å²) in [5.74, 6) is 0.591. The second-order valence-electron chi connectivity index (χ2n) is 5.66. The largest absolute Gasteiger partial charge is 0.461 e. The molecule has 5 nitrogen and oxygen atoms in total. The van der Waals surface area contributed by atoms with E-state index in [4.69, 9.17) is 9.52 Å². The smallest absolute Gasteiger partial charge is 0.253 e. The van der Waals surface area contributed by atoms with Gasteiger partial charge < -0.3 is 19.5 Å². The number of aliphatic hydroxyl groups excluding tert-OH is 2. The molecular weight excluding hydrogens is 270 g/mol. The van der Waals surface area contributed by atoms with E-state index in [0.717, 1.165) is 16.7 Å². The normalized spacial score (nSPS) is 22.7. The summed E-state index contributed by atoms with van der Waals surface area (Å²) >= 11 is 0. The van der Waals surface area contributed by atoms with Gasteiger partial charge in [-0.1, -0.05) is 0 Å². The van der Waals surface area contributed by atoms with Crippen molar-refractivity contribution in [3.63, 3.8) is 0 Å². The number of amides is 1. The summed E-state index contributed by atoms with van der Waals surface area (Å²) in [6.07, 6.45) is -0.0381. The number of carbonyl (C=O) groups excluding carboxylic acids is 1. The molecular formula is C16H19NO4. The van der Waals surface area contributed by atoms with Crippen molar-refractivity contribution in [3.8, 4) is 0 Å². The Bertz CT molecular complexity index is 663. The third kappa shape index (κ3) is 2.66. The van der Waals surface area contributed by atoms with Crippen LogP contribution in [0.5, 0.6) is 0 Å². The lowest BCUT2D eigenvalue weighted by atomic mass is 9.94. The quantitative estimate of drug-likeness (QED) is 0.880. The van der Waals surface area contributed by atoms with E-state index in [0.29, 0.717) is 18.5 Å². The van der Waals surface area contributed by atoms with E-state index in [1.165, 1.54) is 0 Å². The third-order valence-corrected chi connectivity index (χ3v) is 4.13. The van der Waals surface area contributed by atoms with Gasteiger partial charge in [0.2, 0.25) is 0 Å². The van der Waals surface area contributed by atoms with Crippen LogP contribution in [0.3, 0.4) is 0 Å². The van der Waals surface area contributed by atoms with Crippen LogP contribution in [0.2, 0.25) is 0 Å². The Labute approximate surface area is 122 Å². The molecule has 1 aliphatic rings. The number of carbonyl (C=O) groups is 1. The molecule has 0 radical (unpaired) electrons. The maximum absolute atomic E-state index is 12.5. The molecule has 0 saturated carbocycles. The van der Waals surface area contributed by atoms with Gasteiger partial charge in [0.15, 0.2) is 0 Å². The molecule has 1 aromatic carbocycles. The molecule has 112 valence electrons. The molecule has 21 heavy (non-hydrogen) atoms. The Kier molecular flexibility index (Phi) is 3.69. The average Bonchev–Trinajstić information content (AvgIpc) is 2.85. The first-order valence-electron chi connectivity index (χ1n) is 7.17. The highest BCUT2D eigenvalue weighted by Gasteiger charge is 2.30. The Morgan fingerprint density at radius 3 is 2.95 bits per heavy atom. The van der Waals surface area contributed by atoms with E-state index in [-0.39, 0.29) is 25.0 Å². The number of aliphatic hydroxyl groups is 2. The molecule has 0 aliphatic carbocycles. The minimum absolute atomic E-state index is 0.0382. The first kappa shape index (κ1) is 14.1. The van der Waals surface area contributed by atoms with E-state index in [1.54, 1.807) is 17.0 Å². The zero-order chi connectivity index (χ0) is 15.0. The van der Waals surface area contributed by atoms with Gasteiger partial charge in [-0.05, 0) is 37.6 Å². The fourth-order valence-corrected chi connectivity index (χ4v) is 2.87. The molecule has 3 rings (SSSR count). The Balaban J connectivity index is 1.80. The second kappa shape index (κ2) is 5.50. The van der Waals surface area contributed by atoms with Crippen molar-refractivity contribution in [1.82, 2.24) is 4.90 Å². The first-order chi connectivity index (χ1) is 10.1. The lowest BCUT2D eigenvalue weighted by Gasteiger charge is -2.35. The average molecular weight is 289 g/mol. The lowest BCUT2D eigenvalue weighted by molar-refractivity contribution is 0.000883. The van der Waals surface area contributed by atoms with Crippen LogP contribution in [0.15, 0.2) is 28.7 Å². The summed E-state index contributed by atoms with van der Waals surface area (Å²) in [5.41, 5.74) is 1.36. The van der Waals surface area contributed by atoms with E-state index >= 15 is 0 Å². The van der Waals surface area contributed by atoms with Crippen molar-refractivity contribution in [1.29, 1.82) is 0 Å². The van der Waals surface area contributed by atoms with Crippen LogP contribution < -0.4 is 0 Å². The topological polar surface area (TPSA) is 73.9 Å². The minimum Gasteiger partial charge on any atom is -0.461 e. The van der Waals surface area contributed by atoms with Crippen LogP contribution in [0, 0.1) is 12.8 Å². The number of aryl methyl sites for hydroxylation is 1. The van der Waals surface area contributed by atoms with Crippen LogP contribution in [-0.2, 0) is 0 Å². The van der Waals surface area contributed by atoms with Gasteiger partial charge >= 0.3 is 0 Å². The highest BCUT2D eigenvalue weighted by Crippen LogP contribution is 2.23. The summed E-state index contributed by atoms with van der Waals surface area (Å²) in [4.78, 5) is 14.2. The highest BCUT2D eigenvalue weighted by molar-refractivity contribution is 5.97. The fourth-order valence-electron chi connectivity index (χ4n) is 2.87. The zero-order valence-electron chi connectivity index (χ0n) is 12.0. The van der Waals surface area contributed by atoms with E-state index < -0.39 is 6.10 Å². The number of rotatable bonds is 2. The van der Waals surface area contributed by atoms with Gasteiger partial charge in [0.25, 0.3) is 5.91 Å². The third-order valence-electron chi connectivity index (χ3n) is 4.13. The molecule has 0 unspecified atom stereocenters. The van der Waals surface area contributed by atoms with Crippen molar-refractivity contribution in [2.24, 2.45) is 5.92 Å². The molecule has 2 aromatic rings. The van der Waals surface area contributed by atoms with E-state index in [2.05, 4.69) is 0 Å². The van der Waals surface area contributed by atoms with Crippen molar-refractivity contribution < 1.29 is 19.4 Å². The molecule has 1 saturated heterocycles. The van der Waals surface area contributed by atoms with E-state index in [9.17, 15) is 9.90 Å². The predicted octanol–water partition coefficient (Wildman–Crippen LogP) is 1.56. The maximum Gasteiger partial charge on any atom is 0.253 e. The standard InChI is InChI=1S/C16H19NO4/c1-10-6-13-7-11(2-3-15(13)21-10)16(20)17-5-4-12(9-18)14(19)8-17/h2-3,6-7,12,14,18-19H,4-5,8-9H2,1H3/t12-,14-/m1/s1. The van der Waals surface area contributed by atoms with Gasteiger partial charge in [-0.3, -0.25) is 4.79 Å². The number of nitrogens with zero attached hydrogens (tertiary/aromatic N) is 1. The molecule has 1 amide bonds. The summed E-state index contributed by atoms with van der Waals surface area (Å²) in [6.45, 7) is 2.66. The molecule has 1 aliphatic heterocycles. The van der Waals surface area contributed by atoms with Crippen molar-refractivity contribution >= 4 is 16.9 Å². The van der Waals surface area contributed by atoms with Crippen LogP contribution in [0.4, 0.5) is 0 Å². The number of hydrogen-bond donors (Lipinski definition) is 2. The lowest BCUT2D eigenvalue weighted by Crippen LogP contribution is -2.47. The van der Waals surface area contributed by atoms with Crippen LogP contribution >= 0.6 is 0 Å². The van der Waals surface area contributed by atoms with Gasteiger partial charge in [-0.2, -0.15) is 0 Å². The Morgan fingerprint density at radius 1 is 1.43 bits per heavy atom. The van der Waals surface area contributed by atoms with Gasteiger partial charge in [-0.15, -0.1) is 0 Å². The van der Waals surface area contributed by atoms with E-state index in [1.807, 2.05) is 19.1 Å². The second-order valence-corrected chi connectivity index (χ2v) is 5.66. The minimum atomic E-state index is -0.660. The predicted molar refractivity (Wildman–Crippen MR) is 78.1 cm³/mol. The SMILES string of the molecule is Cc1cc2cc(C(=O)N3CC[C@H](CO)[C@H](O)C3)ccc2o1. The van der Waals surface area contributed by atoms with Crippen molar-refractivity contribution in [2.45, 2.75) is 19.4 Å². The van der Waals surface area contributed by atoms with Gasteiger partial charge in [-0.25, -0.2) is 0 Å². The number of hydrogen-bond acceptors (Lipinski definition) is 4. The summed E-state index contributed by atoms with van der Waals surface area (Å²) in [5, 5.41) is 20.0.